The predicted molar refractivity (Wildman–Crippen MR) is 66.5 cm³/mol. The van der Waals surface area contributed by atoms with Gasteiger partial charge in [0, 0.05) is 38.9 Å². The van der Waals surface area contributed by atoms with Crippen molar-refractivity contribution in [2.75, 3.05) is 32.8 Å². The van der Waals surface area contributed by atoms with Crippen molar-refractivity contribution in [1.82, 2.24) is 10.2 Å². The number of ether oxygens (including phenoxy) is 1. The van der Waals surface area contributed by atoms with Gasteiger partial charge in [-0.1, -0.05) is 0 Å². The van der Waals surface area contributed by atoms with Gasteiger partial charge >= 0.3 is 5.97 Å². The minimum atomic E-state index is -0.878. The van der Waals surface area contributed by atoms with Crippen LogP contribution in [0, 0.1) is 0 Å². The van der Waals surface area contributed by atoms with Crippen LogP contribution in [0.25, 0.3) is 0 Å². The van der Waals surface area contributed by atoms with E-state index in [2.05, 4.69) is 5.32 Å². The Morgan fingerprint density at radius 1 is 1.11 bits per heavy atom. The Morgan fingerprint density at radius 3 is 2.42 bits per heavy atom. The highest BCUT2D eigenvalue weighted by atomic mass is 16.5. The number of nitrogens with zero attached hydrogens (tertiary/aromatic N) is 1. The molecule has 1 aliphatic heterocycles. The van der Waals surface area contributed by atoms with Crippen LogP contribution in [0.1, 0.15) is 25.7 Å². The fourth-order valence-electron chi connectivity index (χ4n) is 1.75. The predicted octanol–water partition coefficient (Wildman–Crippen LogP) is -0.394. The lowest BCUT2D eigenvalue weighted by Gasteiger charge is -2.26. The molecule has 0 spiro atoms. The first-order valence-electron chi connectivity index (χ1n) is 6.43. The minimum Gasteiger partial charge on any atom is -0.481 e. The zero-order valence-electron chi connectivity index (χ0n) is 10.9. The lowest BCUT2D eigenvalue weighted by molar-refractivity contribution is -0.137. The standard InChI is InChI=1S/C12H20N2O5/c15-10(13-5-1-2-12(17)18)3-4-11(16)14-6-8-19-9-7-14/h1-9H2,(H,13,15)(H,17,18). The van der Waals surface area contributed by atoms with Gasteiger partial charge in [0.1, 0.15) is 0 Å². The molecular weight excluding hydrogens is 252 g/mol. The van der Waals surface area contributed by atoms with Gasteiger partial charge in [0.05, 0.1) is 13.2 Å². The molecule has 1 aliphatic rings. The van der Waals surface area contributed by atoms with Crippen molar-refractivity contribution in [3.05, 3.63) is 0 Å². The molecular formula is C12H20N2O5. The number of carboxylic acid groups (broad SMARTS) is 1. The van der Waals surface area contributed by atoms with E-state index in [4.69, 9.17) is 9.84 Å². The number of amides is 2. The zero-order valence-corrected chi connectivity index (χ0v) is 10.9. The van der Waals surface area contributed by atoms with Gasteiger partial charge in [-0.25, -0.2) is 0 Å². The zero-order chi connectivity index (χ0) is 14.1. The summed E-state index contributed by atoms with van der Waals surface area (Å²) in [5, 5.41) is 11.0. The number of carbonyl (C=O) groups excluding carboxylic acids is 2. The number of aliphatic carboxylic acids is 1. The third kappa shape index (κ3) is 6.76. The molecule has 7 nitrogen and oxygen atoms in total. The monoisotopic (exact) mass is 272 g/mol. The molecule has 0 bridgehead atoms. The molecule has 1 heterocycles. The molecule has 0 saturated carbocycles. The van der Waals surface area contributed by atoms with Gasteiger partial charge in [-0.15, -0.1) is 0 Å². The molecule has 1 rings (SSSR count). The van der Waals surface area contributed by atoms with E-state index in [9.17, 15) is 14.4 Å². The Kier molecular flexibility index (Phi) is 6.88. The van der Waals surface area contributed by atoms with Crippen LogP contribution in [0.15, 0.2) is 0 Å². The molecule has 0 unspecified atom stereocenters. The highest BCUT2D eigenvalue weighted by Crippen LogP contribution is 2.02. The Bertz CT molecular complexity index is 326. The smallest absolute Gasteiger partial charge is 0.303 e. The summed E-state index contributed by atoms with van der Waals surface area (Å²) < 4.78 is 5.14. The lowest BCUT2D eigenvalue weighted by atomic mass is 10.2. The fraction of sp³-hybridized carbons (Fsp3) is 0.750. The van der Waals surface area contributed by atoms with Crippen LogP contribution < -0.4 is 5.32 Å². The van der Waals surface area contributed by atoms with Crippen LogP contribution in [0.4, 0.5) is 0 Å². The fourth-order valence-corrected chi connectivity index (χ4v) is 1.75. The second-order valence-electron chi connectivity index (χ2n) is 4.34. The van der Waals surface area contributed by atoms with E-state index in [-0.39, 0.29) is 31.1 Å². The topological polar surface area (TPSA) is 95.9 Å². The van der Waals surface area contributed by atoms with Crippen LogP contribution >= 0.6 is 0 Å². The normalized spacial score (nSPS) is 15.1. The average molecular weight is 272 g/mol. The summed E-state index contributed by atoms with van der Waals surface area (Å²) in [4.78, 5) is 35.1. The highest BCUT2D eigenvalue weighted by molar-refractivity contribution is 5.83. The molecule has 0 atom stereocenters. The van der Waals surface area contributed by atoms with Crippen molar-refractivity contribution in [2.24, 2.45) is 0 Å². The van der Waals surface area contributed by atoms with Crippen LogP contribution in [0.3, 0.4) is 0 Å². The maximum atomic E-state index is 11.7. The molecule has 0 aromatic heterocycles. The van der Waals surface area contributed by atoms with E-state index in [1.54, 1.807) is 4.90 Å². The minimum absolute atomic E-state index is 0.0347. The van der Waals surface area contributed by atoms with Crippen LogP contribution in [-0.4, -0.2) is 60.6 Å². The van der Waals surface area contributed by atoms with E-state index >= 15 is 0 Å². The molecule has 2 amide bonds. The number of nitrogens with one attached hydrogen (secondary N) is 1. The third-order valence-corrected chi connectivity index (χ3v) is 2.82. The van der Waals surface area contributed by atoms with E-state index < -0.39 is 5.97 Å². The van der Waals surface area contributed by atoms with Crippen molar-refractivity contribution in [2.45, 2.75) is 25.7 Å². The quantitative estimate of drug-likeness (QED) is 0.615. The van der Waals surface area contributed by atoms with Crippen molar-refractivity contribution < 1.29 is 24.2 Å². The van der Waals surface area contributed by atoms with Crippen molar-refractivity contribution in [3.8, 4) is 0 Å². The SMILES string of the molecule is O=C(O)CCCNC(=O)CCC(=O)N1CCOCC1. The summed E-state index contributed by atoms with van der Waals surface area (Å²) in [7, 11) is 0. The number of hydrogen-bond acceptors (Lipinski definition) is 4. The first kappa shape index (κ1) is 15.4. The van der Waals surface area contributed by atoms with E-state index in [1.807, 2.05) is 0 Å². The van der Waals surface area contributed by atoms with Crippen molar-refractivity contribution >= 4 is 17.8 Å². The molecule has 7 heteroatoms. The van der Waals surface area contributed by atoms with Crippen LogP contribution in [0.5, 0.6) is 0 Å². The Morgan fingerprint density at radius 2 is 1.79 bits per heavy atom. The summed E-state index contributed by atoms with van der Waals surface area (Å²) in [6.07, 6.45) is 0.763. The Labute approximate surface area is 111 Å². The molecule has 0 aliphatic carbocycles. The molecule has 1 fully saturated rings. The van der Waals surface area contributed by atoms with Gasteiger partial charge < -0.3 is 20.1 Å². The number of carboxylic acids is 1. The summed E-state index contributed by atoms with van der Waals surface area (Å²) >= 11 is 0. The first-order chi connectivity index (χ1) is 9.09. The highest BCUT2D eigenvalue weighted by Gasteiger charge is 2.17. The van der Waals surface area contributed by atoms with Crippen molar-refractivity contribution in [3.63, 3.8) is 0 Å². The number of morpholine rings is 1. The van der Waals surface area contributed by atoms with E-state index in [0.29, 0.717) is 39.3 Å². The van der Waals surface area contributed by atoms with Gasteiger partial charge in [0.2, 0.25) is 11.8 Å². The maximum absolute atomic E-state index is 11.7. The number of rotatable bonds is 7. The summed E-state index contributed by atoms with van der Waals surface area (Å²) in [6, 6.07) is 0. The molecule has 2 N–H and O–H groups in total. The molecule has 0 aromatic carbocycles. The lowest BCUT2D eigenvalue weighted by Crippen LogP contribution is -2.41. The van der Waals surface area contributed by atoms with Gasteiger partial charge in [-0.2, -0.15) is 0 Å². The van der Waals surface area contributed by atoms with Gasteiger partial charge in [0.25, 0.3) is 0 Å². The van der Waals surface area contributed by atoms with E-state index in [0.717, 1.165) is 0 Å². The van der Waals surface area contributed by atoms with Crippen LogP contribution in [0.2, 0.25) is 0 Å². The summed E-state index contributed by atoms with van der Waals surface area (Å²) in [5.74, 6) is -1.13. The third-order valence-electron chi connectivity index (χ3n) is 2.82. The van der Waals surface area contributed by atoms with Crippen LogP contribution in [-0.2, 0) is 19.1 Å². The molecule has 19 heavy (non-hydrogen) atoms. The first-order valence-corrected chi connectivity index (χ1v) is 6.43. The molecule has 0 aromatic rings. The molecule has 0 radical (unpaired) electrons. The maximum Gasteiger partial charge on any atom is 0.303 e. The number of hydrogen-bond donors (Lipinski definition) is 2. The van der Waals surface area contributed by atoms with Gasteiger partial charge in [0.15, 0.2) is 0 Å². The van der Waals surface area contributed by atoms with Crippen molar-refractivity contribution in [1.29, 1.82) is 0 Å². The summed E-state index contributed by atoms with van der Waals surface area (Å²) in [5.41, 5.74) is 0. The van der Waals surface area contributed by atoms with E-state index in [1.165, 1.54) is 0 Å². The molecule has 108 valence electrons. The number of carbonyl (C=O) groups is 3. The van der Waals surface area contributed by atoms with Gasteiger partial charge in [-0.05, 0) is 6.42 Å². The second-order valence-corrected chi connectivity index (χ2v) is 4.34. The average Bonchev–Trinajstić information content (AvgIpc) is 2.41. The second kappa shape index (κ2) is 8.47. The Hall–Kier alpha value is -1.63. The van der Waals surface area contributed by atoms with Gasteiger partial charge in [-0.3, -0.25) is 14.4 Å². The Balaban J connectivity index is 2.08. The molecule has 1 saturated heterocycles. The summed E-state index contributed by atoms with van der Waals surface area (Å²) in [6.45, 7) is 2.59. The largest absolute Gasteiger partial charge is 0.481 e.